The number of rotatable bonds is 4. The van der Waals surface area contributed by atoms with Gasteiger partial charge in [-0.15, -0.1) is 0 Å². The molecule has 0 aromatic heterocycles. The van der Waals surface area contributed by atoms with E-state index in [9.17, 15) is 4.79 Å². The number of ether oxygens (including phenoxy) is 1. The Morgan fingerprint density at radius 2 is 1.88 bits per heavy atom. The Balaban J connectivity index is 3.01. The van der Waals surface area contributed by atoms with Crippen molar-refractivity contribution in [1.29, 1.82) is 10.5 Å². The third-order valence-electron chi connectivity index (χ3n) is 2.27. The van der Waals surface area contributed by atoms with E-state index >= 15 is 0 Å². The number of carbonyl (C=O) groups excluding carboxylic acids is 1. The molecule has 0 fully saturated rings. The van der Waals surface area contributed by atoms with Crippen LogP contribution in [0.15, 0.2) is 24.3 Å². The summed E-state index contributed by atoms with van der Waals surface area (Å²) >= 11 is 0. The molecule has 1 rings (SSSR count). The summed E-state index contributed by atoms with van der Waals surface area (Å²) in [5, 5.41) is 17.7. The standard InChI is InChI=1S/C12H10N2O2/c1-16-11-4-2-9(3-5-11)12(7-14)10(6-13)8-15/h2-5,8,10,12H,1H3/t10-,12-/m0/s1. The van der Waals surface area contributed by atoms with E-state index in [-0.39, 0.29) is 0 Å². The van der Waals surface area contributed by atoms with Gasteiger partial charge in [0.25, 0.3) is 0 Å². The monoisotopic (exact) mass is 214 g/mol. The van der Waals surface area contributed by atoms with Gasteiger partial charge in [-0.3, -0.25) is 0 Å². The summed E-state index contributed by atoms with van der Waals surface area (Å²) in [5.74, 6) is -0.994. The molecule has 0 heterocycles. The fourth-order valence-electron chi connectivity index (χ4n) is 1.36. The lowest BCUT2D eigenvalue weighted by atomic mass is 9.89. The Hall–Kier alpha value is -2.33. The summed E-state index contributed by atoms with van der Waals surface area (Å²) in [6.45, 7) is 0. The second kappa shape index (κ2) is 5.53. The van der Waals surface area contributed by atoms with E-state index < -0.39 is 11.8 Å². The number of nitriles is 2. The van der Waals surface area contributed by atoms with Crippen LogP contribution in [0, 0.1) is 28.6 Å². The van der Waals surface area contributed by atoms with E-state index in [1.165, 1.54) is 0 Å². The summed E-state index contributed by atoms with van der Waals surface area (Å²) in [7, 11) is 1.54. The summed E-state index contributed by atoms with van der Waals surface area (Å²) in [6.07, 6.45) is 0.498. The summed E-state index contributed by atoms with van der Waals surface area (Å²) < 4.78 is 4.98. The highest BCUT2D eigenvalue weighted by atomic mass is 16.5. The SMILES string of the molecule is COc1ccc([C@H](C#N)[C@@H](C#N)C=O)cc1. The Kier molecular flexibility index (Phi) is 4.06. The van der Waals surface area contributed by atoms with Crippen LogP contribution in [0.4, 0.5) is 0 Å². The lowest BCUT2D eigenvalue weighted by Crippen LogP contribution is -2.10. The summed E-state index contributed by atoms with van der Waals surface area (Å²) in [6, 6.07) is 10.5. The molecule has 0 saturated carbocycles. The molecule has 4 heteroatoms. The number of hydrogen-bond acceptors (Lipinski definition) is 4. The first-order valence-corrected chi connectivity index (χ1v) is 4.65. The first-order valence-electron chi connectivity index (χ1n) is 4.65. The Morgan fingerprint density at radius 1 is 1.25 bits per heavy atom. The first kappa shape index (κ1) is 11.7. The molecule has 0 radical (unpaired) electrons. The van der Waals surface area contributed by atoms with Crippen LogP contribution >= 0.6 is 0 Å². The minimum Gasteiger partial charge on any atom is -0.497 e. The van der Waals surface area contributed by atoms with E-state index in [0.29, 0.717) is 17.6 Å². The van der Waals surface area contributed by atoms with Crippen molar-refractivity contribution in [2.45, 2.75) is 5.92 Å². The van der Waals surface area contributed by atoms with E-state index in [2.05, 4.69) is 0 Å². The van der Waals surface area contributed by atoms with Crippen molar-refractivity contribution in [1.82, 2.24) is 0 Å². The molecule has 4 nitrogen and oxygen atoms in total. The minimum absolute atomic E-state index is 0.498. The largest absolute Gasteiger partial charge is 0.497 e. The van der Waals surface area contributed by atoms with Crippen LogP contribution in [0.3, 0.4) is 0 Å². The van der Waals surface area contributed by atoms with Crippen molar-refractivity contribution in [3.05, 3.63) is 29.8 Å². The van der Waals surface area contributed by atoms with Gasteiger partial charge < -0.3 is 9.53 Å². The van der Waals surface area contributed by atoms with Gasteiger partial charge >= 0.3 is 0 Å². The second-order valence-corrected chi connectivity index (χ2v) is 3.17. The quantitative estimate of drug-likeness (QED) is 0.714. The molecule has 0 N–H and O–H groups in total. The number of benzene rings is 1. The predicted molar refractivity (Wildman–Crippen MR) is 56.5 cm³/mol. The molecule has 0 saturated heterocycles. The van der Waals surface area contributed by atoms with Crippen molar-refractivity contribution >= 4 is 6.29 Å². The second-order valence-electron chi connectivity index (χ2n) is 3.17. The molecule has 1 aromatic carbocycles. The highest BCUT2D eigenvalue weighted by molar-refractivity contribution is 5.61. The zero-order valence-electron chi connectivity index (χ0n) is 8.75. The lowest BCUT2D eigenvalue weighted by Gasteiger charge is -2.10. The van der Waals surface area contributed by atoms with Crippen molar-refractivity contribution < 1.29 is 9.53 Å². The van der Waals surface area contributed by atoms with Crippen molar-refractivity contribution in [2.24, 2.45) is 5.92 Å². The molecule has 80 valence electrons. The summed E-state index contributed by atoms with van der Waals surface area (Å²) in [5.41, 5.74) is 0.641. The number of carbonyl (C=O) groups is 1. The number of nitrogens with zero attached hydrogens (tertiary/aromatic N) is 2. The molecule has 0 unspecified atom stereocenters. The maximum absolute atomic E-state index is 10.6. The van der Waals surface area contributed by atoms with Gasteiger partial charge in [-0.1, -0.05) is 12.1 Å². The molecule has 1 aromatic rings. The van der Waals surface area contributed by atoms with Crippen LogP contribution in [0.5, 0.6) is 5.75 Å². The zero-order chi connectivity index (χ0) is 12.0. The third-order valence-corrected chi connectivity index (χ3v) is 2.27. The van der Waals surface area contributed by atoms with Crippen LogP contribution in [0.2, 0.25) is 0 Å². The van der Waals surface area contributed by atoms with Gasteiger partial charge in [0.2, 0.25) is 0 Å². The number of hydrogen-bond donors (Lipinski definition) is 0. The molecular formula is C12H10N2O2. The van der Waals surface area contributed by atoms with Crippen LogP contribution in [-0.2, 0) is 4.79 Å². The van der Waals surface area contributed by atoms with Gasteiger partial charge in [0.1, 0.15) is 18.0 Å². The first-order chi connectivity index (χ1) is 7.76. The smallest absolute Gasteiger partial charge is 0.138 e. The Bertz CT molecular complexity index is 440. The molecule has 0 bridgehead atoms. The third kappa shape index (κ3) is 2.37. The van der Waals surface area contributed by atoms with Crippen LogP contribution in [-0.4, -0.2) is 13.4 Å². The van der Waals surface area contributed by atoms with Gasteiger partial charge in [-0.25, -0.2) is 0 Å². The van der Waals surface area contributed by atoms with E-state index in [0.717, 1.165) is 0 Å². The van der Waals surface area contributed by atoms with Gasteiger partial charge in [-0.2, -0.15) is 10.5 Å². The molecule has 0 amide bonds. The van der Waals surface area contributed by atoms with E-state index in [1.807, 2.05) is 12.1 Å². The molecular weight excluding hydrogens is 204 g/mol. The van der Waals surface area contributed by atoms with E-state index in [1.54, 1.807) is 31.4 Å². The van der Waals surface area contributed by atoms with Gasteiger partial charge in [0.05, 0.1) is 25.2 Å². The van der Waals surface area contributed by atoms with Crippen molar-refractivity contribution in [3.8, 4) is 17.9 Å². The average Bonchev–Trinajstić information content (AvgIpc) is 2.36. The van der Waals surface area contributed by atoms with Gasteiger partial charge in [0.15, 0.2) is 0 Å². The molecule has 0 spiro atoms. The van der Waals surface area contributed by atoms with E-state index in [4.69, 9.17) is 15.3 Å². The maximum Gasteiger partial charge on any atom is 0.138 e. The number of aldehydes is 1. The highest BCUT2D eigenvalue weighted by Gasteiger charge is 2.22. The van der Waals surface area contributed by atoms with Crippen molar-refractivity contribution in [2.75, 3.05) is 7.11 Å². The lowest BCUT2D eigenvalue weighted by molar-refractivity contribution is -0.109. The topological polar surface area (TPSA) is 73.9 Å². The van der Waals surface area contributed by atoms with Crippen LogP contribution < -0.4 is 4.74 Å². The Labute approximate surface area is 93.7 Å². The fourth-order valence-corrected chi connectivity index (χ4v) is 1.36. The molecule has 16 heavy (non-hydrogen) atoms. The molecule has 0 aliphatic heterocycles. The van der Waals surface area contributed by atoms with Gasteiger partial charge in [-0.05, 0) is 17.7 Å². The molecule has 2 atom stereocenters. The highest BCUT2D eigenvalue weighted by Crippen LogP contribution is 2.24. The normalized spacial score (nSPS) is 12.9. The molecule has 0 aliphatic carbocycles. The average molecular weight is 214 g/mol. The van der Waals surface area contributed by atoms with Crippen LogP contribution in [0.25, 0.3) is 0 Å². The van der Waals surface area contributed by atoms with Gasteiger partial charge in [0, 0.05) is 0 Å². The van der Waals surface area contributed by atoms with Crippen molar-refractivity contribution in [3.63, 3.8) is 0 Å². The number of methoxy groups -OCH3 is 1. The fraction of sp³-hybridized carbons (Fsp3) is 0.250. The Morgan fingerprint density at radius 3 is 2.25 bits per heavy atom. The summed E-state index contributed by atoms with van der Waals surface area (Å²) in [4.78, 5) is 10.6. The predicted octanol–water partition coefficient (Wildman–Crippen LogP) is 1.64. The molecule has 0 aliphatic rings. The maximum atomic E-state index is 10.6. The minimum atomic E-state index is -0.932. The van der Waals surface area contributed by atoms with Crippen LogP contribution in [0.1, 0.15) is 11.5 Å². The zero-order valence-corrected chi connectivity index (χ0v) is 8.75.